The van der Waals surface area contributed by atoms with Crippen molar-refractivity contribution in [3.63, 3.8) is 0 Å². The molecule has 90 valence electrons. The highest BCUT2D eigenvalue weighted by Crippen LogP contribution is 2.28. The third-order valence-corrected chi connectivity index (χ3v) is 2.86. The van der Waals surface area contributed by atoms with Gasteiger partial charge in [0, 0.05) is 18.7 Å². The molecule has 0 aliphatic heterocycles. The summed E-state index contributed by atoms with van der Waals surface area (Å²) in [6, 6.07) is 3.77. The average Bonchev–Trinajstić information content (AvgIpc) is 2.56. The van der Waals surface area contributed by atoms with Crippen molar-refractivity contribution in [2.75, 3.05) is 0 Å². The Morgan fingerprint density at radius 1 is 1.53 bits per heavy atom. The van der Waals surface area contributed by atoms with Crippen LogP contribution in [0.5, 0.6) is 0 Å². The molecule has 0 aliphatic carbocycles. The van der Waals surface area contributed by atoms with Gasteiger partial charge in [0.2, 0.25) is 0 Å². The van der Waals surface area contributed by atoms with E-state index in [1.165, 1.54) is 0 Å². The van der Waals surface area contributed by atoms with Gasteiger partial charge in [0.15, 0.2) is 5.65 Å². The van der Waals surface area contributed by atoms with Gasteiger partial charge in [-0.05, 0) is 12.1 Å². The average molecular weight is 233 g/mol. The lowest BCUT2D eigenvalue weighted by Gasteiger charge is -2.21. The van der Waals surface area contributed by atoms with Gasteiger partial charge in [0.05, 0.1) is 11.9 Å². The molecule has 2 heterocycles. The van der Waals surface area contributed by atoms with Crippen LogP contribution in [-0.2, 0) is 17.3 Å². The van der Waals surface area contributed by atoms with Crippen LogP contribution in [0, 0.1) is 0 Å². The normalized spacial score (nSPS) is 11.9. The zero-order valence-electron chi connectivity index (χ0n) is 10.1. The zero-order valence-corrected chi connectivity index (χ0v) is 10.1. The number of hydrogen-bond donors (Lipinski definition) is 1. The van der Waals surface area contributed by atoms with Gasteiger partial charge in [0.25, 0.3) is 0 Å². The lowest BCUT2D eigenvalue weighted by molar-refractivity contribution is -0.138. The van der Waals surface area contributed by atoms with E-state index in [4.69, 9.17) is 5.11 Å². The van der Waals surface area contributed by atoms with E-state index in [0.717, 1.165) is 11.3 Å². The number of aromatic nitrogens is 3. The second-order valence-corrected chi connectivity index (χ2v) is 4.79. The lowest BCUT2D eigenvalue weighted by atomic mass is 9.88. The summed E-state index contributed by atoms with van der Waals surface area (Å²) >= 11 is 0. The van der Waals surface area contributed by atoms with Gasteiger partial charge in [-0.25, -0.2) is 9.97 Å². The van der Waals surface area contributed by atoms with Crippen molar-refractivity contribution in [1.82, 2.24) is 14.5 Å². The molecular formula is C12H15N3O2. The summed E-state index contributed by atoms with van der Waals surface area (Å²) in [7, 11) is 1.88. The molecule has 5 heteroatoms. The molecule has 0 saturated heterocycles. The van der Waals surface area contributed by atoms with Crippen LogP contribution in [0.25, 0.3) is 11.2 Å². The van der Waals surface area contributed by atoms with Crippen LogP contribution in [0.1, 0.15) is 26.1 Å². The minimum absolute atomic E-state index is 0.0458. The fraction of sp³-hybridized carbons (Fsp3) is 0.417. The summed E-state index contributed by atoms with van der Waals surface area (Å²) in [5.41, 5.74) is 1.06. The maximum Gasteiger partial charge on any atom is 0.304 e. The number of carboxylic acids is 1. The minimum atomic E-state index is -0.824. The molecule has 0 aromatic carbocycles. The number of imidazole rings is 1. The van der Waals surface area contributed by atoms with Gasteiger partial charge in [-0.3, -0.25) is 4.79 Å². The van der Waals surface area contributed by atoms with E-state index in [9.17, 15) is 4.79 Å². The first-order valence-electron chi connectivity index (χ1n) is 5.41. The van der Waals surface area contributed by atoms with E-state index in [1.807, 2.05) is 37.6 Å². The molecule has 2 aromatic heterocycles. The molecule has 0 radical (unpaired) electrons. The highest BCUT2D eigenvalue weighted by molar-refractivity contribution is 5.73. The molecular weight excluding hydrogens is 218 g/mol. The maximum absolute atomic E-state index is 10.9. The summed E-state index contributed by atoms with van der Waals surface area (Å²) in [4.78, 5) is 19.5. The number of carbonyl (C=O) groups is 1. The van der Waals surface area contributed by atoms with E-state index >= 15 is 0 Å². The first-order chi connectivity index (χ1) is 7.92. The van der Waals surface area contributed by atoms with Crippen LogP contribution in [-0.4, -0.2) is 25.6 Å². The fourth-order valence-electron chi connectivity index (χ4n) is 2.09. The Kier molecular flexibility index (Phi) is 2.61. The summed E-state index contributed by atoms with van der Waals surface area (Å²) in [6.07, 6.45) is 1.73. The van der Waals surface area contributed by atoms with E-state index in [1.54, 1.807) is 6.20 Å². The monoisotopic (exact) mass is 233 g/mol. The van der Waals surface area contributed by atoms with Crippen molar-refractivity contribution in [2.24, 2.45) is 7.05 Å². The molecule has 0 bridgehead atoms. The lowest BCUT2D eigenvalue weighted by Crippen LogP contribution is -2.25. The maximum atomic E-state index is 10.9. The molecule has 1 N–H and O–H groups in total. The van der Waals surface area contributed by atoms with Crippen molar-refractivity contribution in [3.8, 4) is 0 Å². The molecule has 2 aromatic rings. The van der Waals surface area contributed by atoms with Gasteiger partial charge < -0.3 is 9.67 Å². The van der Waals surface area contributed by atoms with Crippen molar-refractivity contribution in [1.29, 1.82) is 0 Å². The van der Waals surface area contributed by atoms with Gasteiger partial charge in [-0.2, -0.15) is 0 Å². The molecule has 5 nitrogen and oxygen atoms in total. The molecule has 0 spiro atoms. The molecule has 0 amide bonds. The predicted octanol–water partition coefficient (Wildman–Crippen LogP) is 1.72. The highest BCUT2D eigenvalue weighted by atomic mass is 16.4. The Balaban J connectivity index is 2.55. The first kappa shape index (κ1) is 11.6. The van der Waals surface area contributed by atoms with Crippen LogP contribution in [0.2, 0.25) is 0 Å². The standard InChI is InChI=1S/C12H15N3O2/c1-12(2,7-9(16)17)11-14-10-8(15(11)3)5-4-6-13-10/h4-6H,7H2,1-3H3,(H,16,17). The van der Waals surface area contributed by atoms with Crippen LogP contribution in [0.15, 0.2) is 18.3 Å². The molecule has 0 atom stereocenters. The van der Waals surface area contributed by atoms with E-state index in [0.29, 0.717) is 5.65 Å². The summed E-state index contributed by atoms with van der Waals surface area (Å²) in [5.74, 6) is -0.0800. The van der Waals surface area contributed by atoms with Crippen molar-refractivity contribution in [2.45, 2.75) is 25.7 Å². The molecule has 0 aliphatic rings. The second kappa shape index (κ2) is 3.84. The molecule has 0 fully saturated rings. The molecule has 0 unspecified atom stereocenters. The molecule has 0 saturated carbocycles. The number of rotatable bonds is 3. The number of nitrogens with zero attached hydrogens (tertiary/aromatic N) is 3. The van der Waals surface area contributed by atoms with E-state index < -0.39 is 11.4 Å². The third-order valence-electron chi connectivity index (χ3n) is 2.86. The first-order valence-corrected chi connectivity index (χ1v) is 5.41. The number of carboxylic acid groups (broad SMARTS) is 1. The number of fused-ring (bicyclic) bond motifs is 1. The third kappa shape index (κ3) is 2.00. The van der Waals surface area contributed by atoms with Gasteiger partial charge in [-0.1, -0.05) is 13.8 Å². The van der Waals surface area contributed by atoms with Crippen molar-refractivity contribution >= 4 is 17.1 Å². The van der Waals surface area contributed by atoms with E-state index in [2.05, 4.69) is 9.97 Å². The Labute approximate surface area is 99.1 Å². The topological polar surface area (TPSA) is 68.0 Å². The van der Waals surface area contributed by atoms with Crippen LogP contribution < -0.4 is 0 Å². The van der Waals surface area contributed by atoms with Crippen molar-refractivity contribution < 1.29 is 9.90 Å². The van der Waals surface area contributed by atoms with Crippen molar-refractivity contribution in [3.05, 3.63) is 24.2 Å². The number of aryl methyl sites for hydroxylation is 1. The number of aliphatic carboxylic acids is 1. The molecule has 17 heavy (non-hydrogen) atoms. The second-order valence-electron chi connectivity index (χ2n) is 4.79. The zero-order chi connectivity index (χ0) is 12.6. The quantitative estimate of drug-likeness (QED) is 0.876. The Morgan fingerprint density at radius 3 is 2.82 bits per heavy atom. The number of hydrogen-bond acceptors (Lipinski definition) is 3. The van der Waals surface area contributed by atoms with E-state index in [-0.39, 0.29) is 6.42 Å². The number of pyridine rings is 1. The van der Waals surface area contributed by atoms with Crippen LogP contribution >= 0.6 is 0 Å². The Morgan fingerprint density at radius 2 is 2.24 bits per heavy atom. The largest absolute Gasteiger partial charge is 0.481 e. The van der Waals surface area contributed by atoms with Crippen LogP contribution in [0.3, 0.4) is 0 Å². The minimum Gasteiger partial charge on any atom is -0.481 e. The Bertz CT molecular complexity index is 572. The van der Waals surface area contributed by atoms with Gasteiger partial charge >= 0.3 is 5.97 Å². The smallest absolute Gasteiger partial charge is 0.304 e. The van der Waals surface area contributed by atoms with Gasteiger partial charge in [0.1, 0.15) is 5.82 Å². The summed E-state index contributed by atoms with van der Waals surface area (Å²) in [6.45, 7) is 3.75. The predicted molar refractivity (Wildman–Crippen MR) is 63.8 cm³/mol. The summed E-state index contributed by atoms with van der Waals surface area (Å²) < 4.78 is 1.91. The Hall–Kier alpha value is -1.91. The SMILES string of the molecule is Cn1c(C(C)(C)CC(=O)O)nc2ncccc21. The van der Waals surface area contributed by atoms with Gasteiger partial charge in [-0.15, -0.1) is 0 Å². The fourth-order valence-corrected chi connectivity index (χ4v) is 2.09. The highest BCUT2D eigenvalue weighted by Gasteiger charge is 2.29. The summed E-state index contributed by atoms with van der Waals surface area (Å²) in [5, 5.41) is 8.92. The molecule has 2 rings (SSSR count). The van der Waals surface area contributed by atoms with Crippen LogP contribution in [0.4, 0.5) is 0 Å².